The molecule has 1 aromatic carbocycles. The van der Waals surface area contributed by atoms with Crippen molar-refractivity contribution in [3.63, 3.8) is 0 Å². The SMILES string of the molecule is CCC1(CC)NC(=O)N(CC(=O)N2CCN(Cc3ccc(Cl)cc3)CC2)C1=O. The predicted molar refractivity (Wildman–Crippen MR) is 107 cm³/mol. The van der Waals surface area contributed by atoms with E-state index in [2.05, 4.69) is 10.2 Å². The Balaban J connectivity index is 1.52. The van der Waals surface area contributed by atoms with Gasteiger partial charge in [0.05, 0.1) is 0 Å². The Hall–Kier alpha value is -2.12. The van der Waals surface area contributed by atoms with Crippen molar-refractivity contribution in [2.24, 2.45) is 0 Å². The molecule has 2 heterocycles. The first-order valence-corrected chi connectivity index (χ1v) is 10.1. The molecule has 8 heteroatoms. The van der Waals surface area contributed by atoms with Crippen LogP contribution in [0.1, 0.15) is 32.3 Å². The molecular weight excluding hydrogens is 380 g/mol. The van der Waals surface area contributed by atoms with Crippen LogP contribution in [0.5, 0.6) is 0 Å². The number of hydrogen-bond donors (Lipinski definition) is 1. The molecule has 1 N–H and O–H groups in total. The highest BCUT2D eigenvalue weighted by Crippen LogP contribution is 2.25. The van der Waals surface area contributed by atoms with Crippen LogP contribution in [-0.4, -0.2) is 70.8 Å². The number of urea groups is 1. The van der Waals surface area contributed by atoms with Crippen molar-refractivity contribution < 1.29 is 14.4 Å². The Bertz CT molecular complexity index is 740. The fourth-order valence-corrected chi connectivity index (χ4v) is 3.91. The summed E-state index contributed by atoms with van der Waals surface area (Å²) < 4.78 is 0. The van der Waals surface area contributed by atoms with Crippen LogP contribution in [0.3, 0.4) is 0 Å². The maximum absolute atomic E-state index is 12.7. The van der Waals surface area contributed by atoms with E-state index < -0.39 is 11.6 Å². The standard InChI is InChI=1S/C20H27ClN4O3/c1-3-20(4-2)18(27)25(19(28)22-20)14-17(26)24-11-9-23(10-12-24)13-15-5-7-16(21)8-6-15/h5-8H,3-4,9-14H2,1-2H3,(H,22,28). The number of hydrogen-bond acceptors (Lipinski definition) is 4. The second kappa shape index (κ2) is 8.49. The lowest BCUT2D eigenvalue weighted by Crippen LogP contribution is -2.52. The topological polar surface area (TPSA) is 73.0 Å². The highest BCUT2D eigenvalue weighted by molar-refractivity contribution is 6.30. The largest absolute Gasteiger partial charge is 0.339 e. The number of amides is 4. The third-order valence-corrected chi connectivity index (χ3v) is 6.04. The van der Waals surface area contributed by atoms with Crippen molar-refractivity contribution in [2.45, 2.75) is 38.8 Å². The Labute approximate surface area is 170 Å². The van der Waals surface area contributed by atoms with Gasteiger partial charge in [-0.05, 0) is 30.5 Å². The van der Waals surface area contributed by atoms with Crippen molar-refractivity contribution in [3.05, 3.63) is 34.9 Å². The average Bonchev–Trinajstić information content (AvgIpc) is 2.95. The fourth-order valence-electron chi connectivity index (χ4n) is 3.79. The molecule has 0 radical (unpaired) electrons. The molecule has 152 valence electrons. The van der Waals surface area contributed by atoms with E-state index in [0.717, 1.165) is 29.6 Å². The zero-order valence-electron chi connectivity index (χ0n) is 16.4. The molecule has 0 bridgehead atoms. The summed E-state index contributed by atoms with van der Waals surface area (Å²) in [6, 6.07) is 7.29. The predicted octanol–water partition coefficient (Wildman–Crippen LogP) is 2.09. The van der Waals surface area contributed by atoms with Gasteiger partial charge in [0, 0.05) is 37.7 Å². The lowest BCUT2D eigenvalue weighted by molar-refractivity contribution is -0.140. The van der Waals surface area contributed by atoms with Gasteiger partial charge in [-0.1, -0.05) is 37.6 Å². The minimum absolute atomic E-state index is 0.183. The minimum Gasteiger partial charge on any atom is -0.339 e. The van der Waals surface area contributed by atoms with Crippen LogP contribution in [0.4, 0.5) is 4.79 Å². The van der Waals surface area contributed by atoms with Gasteiger partial charge in [0.1, 0.15) is 12.1 Å². The van der Waals surface area contributed by atoms with E-state index in [1.165, 1.54) is 5.56 Å². The van der Waals surface area contributed by atoms with Gasteiger partial charge in [-0.3, -0.25) is 19.4 Å². The second-order valence-electron chi connectivity index (χ2n) is 7.39. The number of nitrogens with one attached hydrogen (secondary N) is 1. The van der Waals surface area contributed by atoms with Crippen LogP contribution in [0, 0.1) is 0 Å². The lowest BCUT2D eigenvalue weighted by Gasteiger charge is -2.35. The minimum atomic E-state index is -0.866. The van der Waals surface area contributed by atoms with Gasteiger partial charge < -0.3 is 10.2 Å². The molecule has 0 aromatic heterocycles. The summed E-state index contributed by atoms with van der Waals surface area (Å²) in [4.78, 5) is 42.6. The molecule has 4 amide bonds. The first-order chi connectivity index (χ1) is 13.4. The first kappa shape index (κ1) is 20.6. The molecule has 28 heavy (non-hydrogen) atoms. The van der Waals surface area contributed by atoms with Gasteiger partial charge in [0.2, 0.25) is 5.91 Å². The molecule has 2 aliphatic heterocycles. The van der Waals surface area contributed by atoms with Crippen molar-refractivity contribution >= 4 is 29.4 Å². The number of rotatable bonds is 6. The highest BCUT2D eigenvalue weighted by atomic mass is 35.5. The van der Waals surface area contributed by atoms with Crippen molar-refractivity contribution in [1.29, 1.82) is 0 Å². The number of carbonyl (C=O) groups is 3. The molecule has 7 nitrogen and oxygen atoms in total. The van der Waals surface area contributed by atoms with E-state index in [9.17, 15) is 14.4 Å². The summed E-state index contributed by atoms with van der Waals surface area (Å²) in [5.41, 5.74) is 0.313. The molecule has 2 saturated heterocycles. The summed E-state index contributed by atoms with van der Waals surface area (Å²) in [5, 5.41) is 3.48. The lowest BCUT2D eigenvalue weighted by atomic mass is 9.93. The Kier molecular flexibility index (Phi) is 6.25. The number of benzene rings is 1. The smallest absolute Gasteiger partial charge is 0.325 e. The van der Waals surface area contributed by atoms with Gasteiger partial charge in [-0.15, -0.1) is 0 Å². The monoisotopic (exact) mass is 406 g/mol. The van der Waals surface area contributed by atoms with E-state index >= 15 is 0 Å². The van der Waals surface area contributed by atoms with Gasteiger partial charge >= 0.3 is 6.03 Å². The van der Waals surface area contributed by atoms with Crippen molar-refractivity contribution in [3.8, 4) is 0 Å². The van der Waals surface area contributed by atoms with Crippen LogP contribution in [-0.2, 0) is 16.1 Å². The Morgan fingerprint density at radius 2 is 1.68 bits per heavy atom. The fraction of sp³-hybridized carbons (Fsp3) is 0.550. The average molecular weight is 407 g/mol. The molecule has 0 unspecified atom stereocenters. The summed E-state index contributed by atoms with van der Waals surface area (Å²) in [7, 11) is 0. The molecule has 0 spiro atoms. The van der Waals surface area contributed by atoms with Gasteiger partial charge in [-0.2, -0.15) is 0 Å². The van der Waals surface area contributed by atoms with E-state index in [0.29, 0.717) is 25.9 Å². The summed E-state index contributed by atoms with van der Waals surface area (Å²) in [6.07, 6.45) is 1.03. The van der Waals surface area contributed by atoms with Crippen molar-refractivity contribution in [1.82, 2.24) is 20.0 Å². The highest BCUT2D eigenvalue weighted by Gasteiger charge is 2.49. The quantitative estimate of drug-likeness (QED) is 0.734. The molecular formula is C20H27ClN4O3. The summed E-state index contributed by atoms with van der Waals surface area (Å²) >= 11 is 5.92. The molecule has 0 saturated carbocycles. The number of imide groups is 1. The normalized spacial score (nSPS) is 19.8. The van der Waals surface area contributed by atoms with Crippen LogP contribution in [0.15, 0.2) is 24.3 Å². The zero-order valence-corrected chi connectivity index (χ0v) is 17.2. The first-order valence-electron chi connectivity index (χ1n) is 9.77. The van der Waals surface area contributed by atoms with Crippen molar-refractivity contribution in [2.75, 3.05) is 32.7 Å². The van der Waals surface area contributed by atoms with E-state index in [-0.39, 0.29) is 18.4 Å². The number of piperazine rings is 1. The zero-order chi connectivity index (χ0) is 20.3. The number of halogens is 1. The van der Waals surface area contributed by atoms with Crippen LogP contribution < -0.4 is 5.32 Å². The van der Waals surface area contributed by atoms with Crippen LogP contribution in [0.2, 0.25) is 5.02 Å². The molecule has 1 aromatic rings. The molecule has 2 aliphatic rings. The summed E-state index contributed by atoms with van der Waals surface area (Å²) in [5.74, 6) is -0.477. The summed E-state index contributed by atoms with van der Waals surface area (Å²) in [6.45, 7) is 7.03. The van der Waals surface area contributed by atoms with E-state index in [1.54, 1.807) is 4.90 Å². The van der Waals surface area contributed by atoms with Gasteiger partial charge in [0.15, 0.2) is 0 Å². The Morgan fingerprint density at radius 1 is 1.07 bits per heavy atom. The molecule has 0 atom stereocenters. The van der Waals surface area contributed by atoms with E-state index in [1.807, 2.05) is 38.1 Å². The third-order valence-electron chi connectivity index (χ3n) is 5.79. The van der Waals surface area contributed by atoms with Gasteiger partial charge in [-0.25, -0.2) is 4.79 Å². The van der Waals surface area contributed by atoms with Crippen LogP contribution >= 0.6 is 11.6 Å². The molecule has 2 fully saturated rings. The molecule has 3 rings (SSSR count). The third kappa shape index (κ3) is 4.15. The second-order valence-corrected chi connectivity index (χ2v) is 7.83. The molecule has 0 aliphatic carbocycles. The maximum Gasteiger partial charge on any atom is 0.325 e. The number of nitrogens with zero attached hydrogens (tertiary/aromatic N) is 3. The van der Waals surface area contributed by atoms with Gasteiger partial charge in [0.25, 0.3) is 5.91 Å². The maximum atomic E-state index is 12.7. The van der Waals surface area contributed by atoms with Crippen LogP contribution in [0.25, 0.3) is 0 Å². The Morgan fingerprint density at radius 3 is 2.21 bits per heavy atom. The van der Waals surface area contributed by atoms with E-state index in [4.69, 9.17) is 11.6 Å². The number of carbonyl (C=O) groups excluding carboxylic acids is 3.